The van der Waals surface area contributed by atoms with Crippen molar-refractivity contribution in [2.75, 3.05) is 5.73 Å². The Labute approximate surface area is 87.3 Å². The van der Waals surface area contributed by atoms with Crippen LogP contribution in [-0.2, 0) is 0 Å². The number of hydrogen-bond acceptors (Lipinski definition) is 1. The van der Waals surface area contributed by atoms with E-state index in [9.17, 15) is 0 Å². The van der Waals surface area contributed by atoms with Crippen LogP contribution in [0.4, 0.5) is 5.69 Å². The molecule has 0 atom stereocenters. The minimum Gasteiger partial charge on any atom is -0.398 e. The van der Waals surface area contributed by atoms with Gasteiger partial charge in [-0.1, -0.05) is 37.7 Å². The van der Waals surface area contributed by atoms with Gasteiger partial charge in [-0.15, -0.1) is 5.54 Å². The predicted molar refractivity (Wildman–Crippen MR) is 65.8 cm³/mol. The fourth-order valence-electron chi connectivity index (χ4n) is 1.04. The monoisotopic (exact) mass is 203 g/mol. The minimum absolute atomic E-state index is 0.818. The zero-order valence-corrected chi connectivity index (χ0v) is 10.3. The second kappa shape index (κ2) is 3.89. The van der Waals surface area contributed by atoms with Crippen molar-refractivity contribution in [3.63, 3.8) is 0 Å². The Morgan fingerprint density at radius 3 is 2.43 bits per heavy atom. The summed E-state index contributed by atoms with van der Waals surface area (Å²) in [6.45, 7) is 8.69. The highest BCUT2D eigenvalue weighted by atomic mass is 28.3. The van der Waals surface area contributed by atoms with Crippen LogP contribution in [0.1, 0.15) is 11.1 Å². The van der Waals surface area contributed by atoms with Crippen molar-refractivity contribution in [1.82, 2.24) is 0 Å². The highest BCUT2D eigenvalue weighted by Crippen LogP contribution is 2.15. The van der Waals surface area contributed by atoms with Gasteiger partial charge in [0.25, 0.3) is 0 Å². The standard InChI is InChI=1S/C12H17NSi/c1-10-6-5-7-11(12(10)13)8-9-14(2,3)4/h5-7H,13H2,1-4H3. The van der Waals surface area contributed by atoms with Gasteiger partial charge in [0.05, 0.1) is 5.69 Å². The lowest BCUT2D eigenvalue weighted by atomic mass is 10.1. The molecule has 0 amide bonds. The van der Waals surface area contributed by atoms with Crippen LogP contribution in [-0.4, -0.2) is 8.07 Å². The van der Waals surface area contributed by atoms with Crippen LogP contribution in [0.3, 0.4) is 0 Å². The maximum Gasteiger partial charge on any atom is 0.129 e. The Morgan fingerprint density at radius 2 is 1.86 bits per heavy atom. The van der Waals surface area contributed by atoms with Crippen LogP contribution < -0.4 is 5.73 Å². The molecule has 0 saturated carbocycles. The van der Waals surface area contributed by atoms with Gasteiger partial charge in [0.1, 0.15) is 8.07 Å². The van der Waals surface area contributed by atoms with Gasteiger partial charge >= 0.3 is 0 Å². The first-order chi connectivity index (χ1) is 6.40. The molecule has 1 rings (SSSR count). The highest BCUT2D eigenvalue weighted by molar-refractivity contribution is 6.83. The fraction of sp³-hybridized carbons (Fsp3) is 0.333. The normalized spacial score (nSPS) is 10.6. The van der Waals surface area contributed by atoms with Gasteiger partial charge in [0, 0.05) is 5.56 Å². The van der Waals surface area contributed by atoms with Gasteiger partial charge in [-0.25, -0.2) is 0 Å². The molecule has 0 aromatic heterocycles. The highest BCUT2D eigenvalue weighted by Gasteiger charge is 2.07. The molecule has 0 saturated heterocycles. The van der Waals surface area contributed by atoms with Crippen LogP contribution in [0.15, 0.2) is 18.2 Å². The van der Waals surface area contributed by atoms with Gasteiger partial charge < -0.3 is 5.73 Å². The first kappa shape index (κ1) is 10.9. The number of nitrogens with two attached hydrogens (primary N) is 1. The van der Waals surface area contributed by atoms with Crippen molar-refractivity contribution in [1.29, 1.82) is 0 Å². The summed E-state index contributed by atoms with van der Waals surface area (Å²) in [5, 5.41) is 0. The minimum atomic E-state index is -1.30. The van der Waals surface area contributed by atoms with Crippen molar-refractivity contribution < 1.29 is 0 Å². The first-order valence-corrected chi connectivity index (χ1v) is 8.28. The van der Waals surface area contributed by atoms with E-state index < -0.39 is 8.07 Å². The Balaban J connectivity index is 3.08. The molecule has 0 heterocycles. The summed E-state index contributed by atoms with van der Waals surface area (Å²) in [4.78, 5) is 0. The van der Waals surface area contributed by atoms with Crippen molar-refractivity contribution in [2.24, 2.45) is 0 Å². The van der Waals surface area contributed by atoms with Gasteiger partial charge in [0.15, 0.2) is 0 Å². The van der Waals surface area contributed by atoms with Crippen LogP contribution >= 0.6 is 0 Å². The Morgan fingerprint density at radius 1 is 1.21 bits per heavy atom. The fourth-order valence-corrected chi connectivity index (χ4v) is 1.55. The van der Waals surface area contributed by atoms with E-state index in [1.54, 1.807) is 0 Å². The molecule has 1 nitrogen and oxygen atoms in total. The quantitative estimate of drug-likeness (QED) is 0.392. The second-order valence-electron chi connectivity index (χ2n) is 4.54. The smallest absolute Gasteiger partial charge is 0.129 e. The molecular weight excluding hydrogens is 186 g/mol. The molecule has 0 aliphatic rings. The summed E-state index contributed by atoms with van der Waals surface area (Å²) in [7, 11) is -1.30. The molecule has 0 unspecified atom stereocenters. The van der Waals surface area contributed by atoms with Gasteiger partial charge in [-0.3, -0.25) is 0 Å². The number of anilines is 1. The molecule has 0 bridgehead atoms. The van der Waals surface area contributed by atoms with Gasteiger partial charge in [-0.05, 0) is 18.6 Å². The lowest BCUT2D eigenvalue weighted by molar-refractivity contribution is 1.45. The van der Waals surface area contributed by atoms with E-state index in [1.807, 2.05) is 25.1 Å². The molecule has 14 heavy (non-hydrogen) atoms. The zero-order chi connectivity index (χ0) is 10.8. The van der Waals surface area contributed by atoms with Crippen molar-refractivity contribution >= 4 is 13.8 Å². The zero-order valence-electron chi connectivity index (χ0n) is 9.31. The first-order valence-electron chi connectivity index (χ1n) is 4.78. The lowest BCUT2D eigenvalue weighted by Crippen LogP contribution is -2.16. The van der Waals surface area contributed by atoms with E-state index in [0.717, 1.165) is 16.8 Å². The third-order valence-corrected chi connectivity index (χ3v) is 2.77. The number of para-hydroxylation sites is 1. The SMILES string of the molecule is Cc1cccc(C#C[Si](C)(C)C)c1N. The van der Waals surface area contributed by atoms with Crippen LogP contribution in [0.2, 0.25) is 19.6 Å². The van der Waals surface area contributed by atoms with Crippen LogP contribution in [0.25, 0.3) is 0 Å². The molecule has 0 aliphatic heterocycles. The summed E-state index contributed by atoms with van der Waals surface area (Å²) >= 11 is 0. The molecule has 1 aromatic carbocycles. The van der Waals surface area contributed by atoms with Crippen molar-refractivity contribution in [3.05, 3.63) is 29.3 Å². The van der Waals surface area contributed by atoms with Gasteiger partial charge in [-0.2, -0.15) is 0 Å². The third kappa shape index (κ3) is 2.93. The summed E-state index contributed by atoms with van der Waals surface area (Å²) < 4.78 is 0. The molecule has 74 valence electrons. The Kier molecular flexibility index (Phi) is 3.02. The van der Waals surface area contributed by atoms with E-state index >= 15 is 0 Å². The molecule has 2 heteroatoms. The largest absolute Gasteiger partial charge is 0.398 e. The maximum absolute atomic E-state index is 5.92. The average molecular weight is 203 g/mol. The third-order valence-electron chi connectivity index (χ3n) is 1.90. The molecule has 2 N–H and O–H groups in total. The maximum atomic E-state index is 5.92. The molecular formula is C12H17NSi. The van der Waals surface area contributed by atoms with E-state index in [0.29, 0.717) is 0 Å². The molecule has 1 aromatic rings. The molecule has 0 aliphatic carbocycles. The van der Waals surface area contributed by atoms with E-state index in [4.69, 9.17) is 5.73 Å². The molecule has 0 radical (unpaired) electrons. The van der Waals surface area contributed by atoms with Gasteiger partial charge in [0.2, 0.25) is 0 Å². The summed E-state index contributed by atoms with van der Waals surface area (Å²) in [5.41, 5.74) is 12.1. The van der Waals surface area contributed by atoms with E-state index in [2.05, 4.69) is 31.1 Å². The summed E-state index contributed by atoms with van der Waals surface area (Å²) in [6, 6.07) is 5.99. The second-order valence-corrected chi connectivity index (χ2v) is 9.29. The van der Waals surface area contributed by atoms with E-state index in [1.165, 1.54) is 0 Å². The topological polar surface area (TPSA) is 26.0 Å². The number of benzene rings is 1. The van der Waals surface area contributed by atoms with Crippen molar-refractivity contribution in [3.8, 4) is 11.5 Å². The van der Waals surface area contributed by atoms with Crippen LogP contribution in [0.5, 0.6) is 0 Å². The van der Waals surface area contributed by atoms with Crippen molar-refractivity contribution in [2.45, 2.75) is 26.6 Å². The number of hydrogen-bond donors (Lipinski definition) is 1. The van der Waals surface area contributed by atoms with Crippen LogP contribution in [0, 0.1) is 18.4 Å². The lowest BCUT2D eigenvalue weighted by Gasteiger charge is -2.05. The Bertz CT molecular complexity index is 391. The predicted octanol–water partition coefficient (Wildman–Crippen LogP) is 2.81. The Hall–Kier alpha value is -1.20. The molecule has 0 spiro atoms. The number of aryl methyl sites for hydroxylation is 1. The van der Waals surface area contributed by atoms with E-state index in [-0.39, 0.29) is 0 Å². The average Bonchev–Trinajstić information content (AvgIpc) is 2.06. The summed E-state index contributed by atoms with van der Waals surface area (Å²) in [6.07, 6.45) is 0. The number of rotatable bonds is 0. The molecule has 0 fully saturated rings. The summed E-state index contributed by atoms with van der Waals surface area (Å²) in [5.74, 6) is 3.18. The number of nitrogen functional groups attached to an aromatic ring is 1.